The second kappa shape index (κ2) is 5.56. The molecule has 6 nitrogen and oxygen atoms in total. The van der Waals surface area contributed by atoms with E-state index in [1.54, 1.807) is 20.8 Å². The van der Waals surface area contributed by atoms with Crippen LogP contribution >= 0.6 is 0 Å². The molecule has 3 unspecified atom stereocenters. The van der Waals surface area contributed by atoms with Crippen LogP contribution in [0.25, 0.3) is 0 Å². The Morgan fingerprint density at radius 2 is 1.89 bits per heavy atom. The van der Waals surface area contributed by atoms with E-state index in [1.165, 1.54) is 0 Å². The fraction of sp³-hybridized carbons (Fsp3) is 0.833. The summed E-state index contributed by atoms with van der Waals surface area (Å²) in [5, 5.41) is 21.1. The van der Waals surface area contributed by atoms with Crippen LogP contribution < -0.4 is 5.32 Å². The zero-order valence-electron chi connectivity index (χ0n) is 11.0. The van der Waals surface area contributed by atoms with Crippen molar-refractivity contribution in [3.05, 3.63) is 0 Å². The quantitative estimate of drug-likeness (QED) is 0.690. The van der Waals surface area contributed by atoms with Crippen LogP contribution in [0.3, 0.4) is 0 Å². The molecule has 1 fully saturated rings. The van der Waals surface area contributed by atoms with E-state index in [0.29, 0.717) is 12.8 Å². The number of aliphatic carboxylic acids is 1. The smallest absolute Gasteiger partial charge is 0.407 e. The third kappa shape index (κ3) is 4.52. The fourth-order valence-corrected chi connectivity index (χ4v) is 2.06. The summed E-state index contributed by atoms with van der Waals surface area (Å²) in [6, 6.07) is -0.582. The van der Waals surface area contributed by atoms with E-state index in [9.17, 15) is 14.7 Å². The molecular weight excluding hydrogens is 238 g/mol. The van der Waals surface area contributed by atoms with Crippen molar-refractivity contribution in [3.63, 3.8) is 0 Å². The summed E-state index contributed by atoms with van der Waals surface area (Å²) in [7, 11) is 0. The summed E-state index contributed by atoms with van der Waals surface area (Å²) < 4.78 is 5.08. The van der Waals surface area contributed by atoms with Crippen LogP contribution in [0.5, 0.6) is 0 Å². The van der Waals surface area contributed by atoms with E-state index in [-0.39, 0.29) is 6.42 Å². The second-order valence-electron chi connectivity index (χ2n) is 5.66. The maximum absolute atomic E-state index is 11.6. The van der Waals surface area contributed by atoms with Gasteiger partial charge in [-0.3, -0.25) is 4.79 Å². The number of alkyl carbamates (subject to hydrolysis) is 1. The van der Waals surface area contributed by atoms with Crippen LogP contribution in [0, 0.1) is 5.92 Å². The van der Waals surface area contributed by atoms with E-state index in [2.05, 4.69) is 5.32 Å². The lowest BCUT2D eigenvalue weighted by Crippen LogP contribution is -2.49. The van der Waals surface area contributed by atoms with Gasteiger partial charge in [-0.05, 0) is 40.0 Å². The Kier molecular flexibility index (Phi) is 4.56. The number of carbonyl (C=O) groups excluding carboxylic acids is 1. The zero-order chi connectivity index (χ0) is 13.9. The highest BCUT2D eigenvalue weighted by Crippen LogP contribution is 2.25. The lowest BCUT2D eigenvalue weighted by atomic mass is 9.83. The van der Waals surface area contributed by atoms with Gasteiger partial charge in [0.25, 0.3) is 0 Å². The average molecular weight is 259 g/mol. The molecule has 0 bridgehead atoms. The second-order valence-corrected chi connectivity index (χ2v) is 5.66. The monoisotopic (exact) mass is 259 g/mol. The summed E-state index contributed by atoms with van der Waals surface area (Å²) in [6.45, 7) is 5.20. The van der Waals surface area contributed by atoms with Gasteiger partial charge in [0, 0.05) is 6.04 Å². The SMILES string of the molecule is CC(C)(C)OC(=O)NC1CC(O)CCC1C(=O)O. The average Bonchev–Trinajstić information content (AvgIpc) is 2.13. The molecule has 1 rings (SSSR count). The first-order valence-corrected chi connectivity index (χ1v) is 6.09. The van der Waals surface area contributed by atoms with Gasteiger partial charge in [0.1, 0.15) is 5.60 Å². The van der Waals surface area contributed by atoms with Crippen molar-refractivity contribution >= 4 is 12.1 Å². The highest BCUT2D eigenvalue weighted by Gasteiger charge is 2.36. The maximum atomic E-state index is 11.6. The minimum atomic E-state index is -0.956. The number of amides is 1. The normalized spacial score (nSPS) is 28.6. The number of carboxylic acid groups (broad SMARTS) is 1. The van der Waals surface area contributed by atoms with Crippen LogP contribution in [-0.2, 0) is 9.53 Å². The molecule has 0 radical (unpaired) electrons. The molecular formula is C12H21NO5. The molecule has 1 amide bonds. The lowest BCUT2D eigenvalue weighted by molar-refractivity contribution is -0.144. The highest BCUT2D eigenvalue weighted by molar-refractivity contribution is 5.73. The van der Waals surface area contributed by atoms with Crippen LogP contribution in [0.1, 0.15) is 40.0 Å². The van der Waals surface area contributed by atoms with Gasteiger partial charge in [-0.15, -0.1) is 0 Å². The number of hydrogen-bond acceptors (Lipinski definition) is 4. The Morgan fingerprint density at radius 3 is 2.39 bits per heavy atom. The molecule has 18 heavy (non-hydrogen) atoms. The Bertz CT molecular complexity index is 323. The first-order valence-electron chi connectivity index (χ1n) is 6.09. The molecule has 1 aliphatic rings. The van der Waals surface area contributed by atoms with Gasteiger partial charge >= 0.3 is 12.1 Å². The lowest BCUT2D eigenvalue weighted by Gasteiger charge is -2.32. The molecule has 1 aliphatic carbocycles. The van der Waals surface area contributed by atoms with Crippen LogP contribution in [-0.4, -0.2) is 40.0 Å². The van der Waals surface area contributed by atoms with Gasteiger partial charge in [-0.1, -0.05) is 0 Å². The number of carbonyl (C=O) groups is 2. The van der Waals surface area contributed by atoms with Crippen molar-refractivity contribution in [1.29, 1.82) is 0 Å². The molecule has 0 heterocycles. The molecule has 0 spiro atoms. The zero-order valence-corrected chi connectivity index (χ0v) is 11.0. The predicted octanol–water partition coefficient (Wildman–Crippen LogP) is 1.13. The largest absolute Gasteiger partial charge is 0.481 e. The topological polar surface area (TPSA) is 95.9 Å². The van der Waals surface area contributed by atoms with Crippen molar-refractivity contribution < 1.29 is 24.5 Å². The number of hydrogen-bond donors (Lipinski definition) is 3. The van der Waals surface area contributed by atoms with Crippen LogP contribution in [0.15, 0.2) is 0 Å². The third-order valence-electron chi connectivity index (χ3n) is 2.84. The van der Waals surface area contributed by atoms with Gasteiger partial charge in [0.2, 0.25) is 0 Å². The highest BCUT2D eigenvalue weighted by atomic mass is 16.6. The fourth-order valence-electron chi connectivity index (χ4n) is 2.06. The summed E-state index contributed by atoms with van der Waals surface area (Å²) >= 11 is 0. The summed E-state index contributed by atoms with van der Waals surface area (Å²) in [4.78, 5) is 22.7. The van der Waals surface area contributed by atoms with E-state index in [4.69, 9.17) is 9.84 Å². The van der Waals surface area contributed by atoms with Gasteiger partial charge in [-0.25, -0.2) is 4.79 Å². The third-order valence-corrected chi connectivity index (χ3v) is 2.84. The number of nitrogens with one attached hydrogen (secondary N) is 1. The van der Waals surface area contributed by atoms with Crippen molar-refractivity contribution in [1.82, 2.24) is 5.32 Å². The molecule has 0 aromatic carbocycles. The molecule has 0 saturated heterocycles. The minimum absolute atomic E-state index is 0.246. The predicted molar refractivity (Wildman–Crippen MR) is 64.1 cm³/mol. The van der Waals surface area contributed by atoms with Crippen LogP contribution in [0.2, 0.25) is 0 Å². The standard InChI is InChI=1S/C12H21NO5/c1-12(2,3)18-11(17)13-9-6-7(14)4-5-8(9)10(15)16/h7-9,14H,4-6H2,1-3H3,(H,13,17)(H,15,16). The summed E-state index contributed by atoms with van der Waals surface area (Å²) in [5.74, 6) is -1.62. The van der Waals surface area contributed by atoms with Crippen molar-refractivity contribution in [2.24, 2.45) is 5.92 Å². The molecule has 3 N–H and O–H groups in total. The van der Waals surface area contributed by atoms with Crippen molar-refractivity contribution in [2.75, 3.05) is 0 Å². The molecule has 6 heteroatoms. The first kappa shape index (κ1) is 14.8. The first-order chi connectivity index (χ1) is 8.19. The van der Waals surface area contributed by atoms with Gasteiger partial charge in [-0.2, -0.15) is 0 Å². The number of ether oxygens (including phenoxy) is 1. The van der Waals surface area contributed by atoms with Gasteiger partial charge < -0.3 is 20.3 Å². The number of aliphatic hydroxyl groups excluding tert-OH is 1. The summed E-state index contributed by atoms with van der Waals surface area (Å²) in [5.41, 5.74) is -0.629. The van der Waals surface area contributed by atoms with E-state index >= 15 is 0 Å². The Labute approximate surface area is 106 Å². The van der Waals surface area contributed by atoms with Gasteiger partial charge in [0.15, 0.2) is 0 Å². The molecule has 3 atom stereocenters. The number of aliphatic hydroxyl groups is 1. The molecule has 0 aliphatic heterocycles. The van der Waals surface area contributed by atoms with Crippen molar-refractivity contribution in [3.8, 4) is 0 Å². The van der Waals surface area contributed by atoms with E-state index in [0.717, 1.165) is 0 Å². The Hall–Kier alpha value is -1.30. The molecule has 1 saturated carbocycles. The minimum Gasteiger partial charge on any atom is -0.481 e. The van der Waals surface area contributed by atoms with Crippen LogP contribution in [0.4, 0.5) is 4.79 Å². The van der Waals surface area contributed by atoms with E-state index < -0.39 is 35.7 Å². The number of carboxylic acids is 1. The van der Waals surface area contributed by atoms with E-state index in [1.807, 2.05) is 0 Å². The maximum Gasteiger partial charge on any atom is 0.407 e. The molecule has 104 valence electrons. The summed E-state index contributed by atoms with van der Waals surface area (Å²) in [6.07, 6.45) is -0.162. The molecule has 0 aromatic rings. The van der Waals surface area contributed by atoms with Crippen molar-refractivity contribution in [2.45, 2.75) is 57.8 Å². The Balaban J connectivity index is 2.61. The molecule has 0 aromatic heterocycles. The Morgan fingerprint density at radius 1 is 1.28 bits per heavy atom. The van der Waals surface area contributed by atoms with Gasteiger partial charge in [0.05, 0.1) is 12.0 Å². The number of rotatable bonds is 2.